The van der Waals surface area contributed by atoms with Gasteiger partial charge in [0.05, 0.1) is 0 Å². The number of benzene rings is 2. The monoisotopic (exact) mass is 320 g/mol. The molecule has 0 heterocycles. The molecular formula is C23H28O. The maximum atomic E-state index is 12.3. The number of fused-ring (bicyclic) bond motifs is 12. The fourth-order valence-electron chi connectivity index (χ4n) is 3.77. The van der Waals surface area contributed by atoms with Gasteiger partial charge in [0, 0.05) is 17.9 Å². The Balaban J connectivity index is 1.84. The van der Waals surface area contributed by atoms with Crippen LogP contribution in [0.5, 0.6) is 0 Å². The Bertz CT molecular complexity index is 627. The Morgan fingerprint density at radius 3 is 1.92 bits per heavy atom. The average Bonchev–Trinajstić information content (AvgIpc) is 2.64. The lowest BCUT2D eigenvalue weighted by atomic mass is 9.86. The Morgan fingerprint density at radius 2 is 1.21 bits per heavy atom. The molecule has 0 saturated carbocycles. The first-order chi connectivity index (χ1) is 11.8. The van der Waals surface area contributed by atoms with Crippen molar-refractivity contribution in [1.29, 1.82) is 0 Å². The van der Waals surface area contributed by atoms with Crippen molar-refractivity contribution in [3.63, 3.8) is 0 Å². The Kier molecular flexibility index (Phi) is 6.23. The van der Waals surface area contributed by atoms with Gasteiger partial charge in [-0.1, -0.05) is 93.1 Å². The van der Waals surface area contributed by atoms with E-state index >= 15 is 0 Å². The van der Waals surface area contributed by atoms with Crippen molar-refractivity contribution >= 4 is 5.78 Å². The number of carbonyl (C=O) groups is 1. The summed E-state index contributed by atoms with van der Waals surface area (Å²) in [5.74, 6) is 0.744. The molecular weight excluding hydrogens is 292 g/mol. The minimum absolute atomic E-state index is 0.299. The molecule has 0 fully saturated rings. The molecule has 24 heavy (non-hydrogen) atoms. The number of Topliss-reactive ketones (excluding diaryl/α,β-unsaturated/α-hetero) is 1. The van der Waals surface area contributed by atoms with E-state index in [2.05, 4.69) is 42.5 Å². The first kappa shape index (κ1) is 17.0. The topological polar surface area (TPSA) is 17.1 Å². The minimum Gasteiger partial charge on any atom is -0.294 e. The Hall–Kier alpha value is -1.89. The standard InChI is InChI=1S/C23H28O/c24-23-14-10-5-3-1-2-4-9-13-22(19-11-7-6-8-12-19)20-15-17-21(23)18-16-20/h6-8,11-12,15-18,22H,1-5,9-10,13-14H2. The highest BCUT2D eigenvalue weighted by molar-refractivity contribution is 5.96. The summed E-state index contributed by atoms with van der Waals surface area (Å²) >= 11 is 0. The summed E-state index contributed by atoms with van der Waals surface area (Å²) in [4.78, 5) is 12.3. The molecule has 2 aromatic rings. The zero-order valence-corrected chi connectivity index (χ0v) is 14.5. The van der Waals surface area contributed by atoms with Crippen molar-refractivity contribution in [1.82, 2.24) is 0 Å². The van der Waals surface area contributed by atoms with Gasteiger partial charge in [0.25, 0.3) is 0 Å². The molecule has 0 radical (unpaired) electrons. The van der Waals surface area contributed by atoms with Crippen LogP contribution in [0.2, 0.25) is 0 Å². The molecule has 126 valence electrons. The molecule has 2 bridgehead atoms. The summed E-state index contributed by atoms with van der Waals surface area (Å²) in [6, 6.07) is 19.2. The van der Waals surface area contributed by atoms with Crippen LogP contribution in [0, 0.1) is 0 Å². The fourth-order valence-corrected chi connectivity index (χ4v) is 3.77. The van der Waals surface area contributed by atoms with Crippen molar-refractivity contribution in [3.8, 4) is 0 Å². The van der Waals surface area contributed by atoms with E-state index in [1.165, 1.54) is 56.1 Å². The third-order valence-electron chi connectivity index (χ3n) is 5.23. The van der Waals surface area contributed by atoms with Gasteiger partial charge >= 0.3 is 0 Å². The van der Waals surface area contributed by atoms with Crippen LogP contribution in [0.4, 0.5) is 0 Å². The summed E-state index contributed by atoms with van der Waals surface area (Å²) in [5, 5.41) is 0. The van der Waals surface area contributed by atoms with Crippen LogP contribution >= 0.6 is 0 Å². The molecule has 0 saturated heterocycles. The van der Waals surface area contributed by atoms with E-state index in [0.717, 1.165) is 12.0 Å². The summed E-state index contributed by atoms with van der Waals surface area (Å²) in [5.41, 5.74) is 3.61. The lowest BCUT2D eigenvalue weighted by molar-refractivity contribution is 0.0979. The first-order valence-electron chi connectivity index (χ1n) is 9.53. The van der Waals surface area contributed by atoms with Gasteiger partial charge in [-0.3, -0.25) is 4.79 Å². The smallest absolute Gasteiger partial charge is 0.162 e. The van der Waals surface area contributed by atoms with Gasteiger partial charge in [-0.05, 0) is 24.0 Å². The maximum Gasteiger partial charge on any atom is 0.162 e. The molecule has 4 rings (SSSR count). The van der Waals surface area contributed by atoms with Crippen LogP contribution in [0.1, 0.15) is 85.2 Å². The summed E-state index contributed by atoms with van der Waals surface area (Å²) in [6.07, 6.45) is 10.6. The van der Waals surface area contributed by atoms with Gasteiger partial charge in [-0.2, -0.15) is 0 Å². The predicted molar refractivity (Wildman–Crippen MR) is 101 cm³/mol. The van der Waals surface area contributed by atoms with Crippen molar-refractivity contribution in [3.05, 3.63) is 71.3 Å². The molecule has 2 aliphatic rings. The molecule has 0 spiro atoms. The number of hydrogen-bond donors (Lipinski definition) is 0. The van der Waals surface area contributed by atoms with E-state index < -0.39 is 0 Å². The van der Waals surface area contributed by atoms with Crippen LogP contribution in [0.3, 0.4) is 0 Å². The molecule has 1 atom stereocenters. The van der Waals surface area contributed by atoms with E-state index in [1.807, 2.05) is 12.1 Å². The molecule has 0 amide bonds. The van der Waals surface area contributed by atoms with Crippen molar-refractivity contribution in [2.24, 2.45) is 0 Å². The first-order valence-corrected chi connectivity index (χ1v) is 9.53. The zero-order valence-electron chi connectivity index (χ0n) is 14.5. The van der Waals surface area contributed by atoms with Crippen molar-refractivity contribution in [2.75, 3.05) is 0 Å². The van der Waals surface area contributed by atoms with Crippen LogP contribution in [0.15, 0.2) is 54.6 Å². The normalized spacial score (nSPS) is 20.3. The summed E-state index contributed by atoms with van der Waals surface area (Å²) in [6.45, 7) is 0. The average molecular weight is 320 g/mol. The maximum absolute atomic E-state index is 12.3. The number of carbonyl (C=O) groups excluding carboxylic acids is 1. The van der Waals surface area contributed by atoms with Gasteiger partial charge in [-0.25, -0.2) is 0 Å². The summed E-state index contributed by atoms with van der Waals surface area (Å²) < 4.78 is 0. The highest BCUT2D eigenvalue weighted by atomic mass is 16.1. The SMILES string of the molecule is O=C1CCCCCCCCCC(c2ccccc2)c2ccc1cc2. The highest BCUT2D eigenvalue weighted by Crippen LogP contribution is 2.30. The quantitative estimate of drug-likeness (QED) is 0.584. The predicted octanol–water partition coefficient (Wildman–Crippen LogP) is 6.53. The number of rotatable bonds is 1. The fraction of sp³-hybridized carbons (Fsp3) is 0.435. The van der Waals surface area contributed by atoms with Gasteiger partial charge in [-0.15, -0.1) is 0 Å². The second-order valence-electron chi connectivity index (χ2n) is 7.02. The van der Waals surface area contributed by atoms with Crippen LogP contribution in [-0.2, 0) is 0 Å². The second-order valence-corrected chi connectivity index (χ2v) is 7.02. The second kappa shape index (κ2) is 8.82. The summed E-state index contributed by atoms with van der Waals surface area (Å²) in [7, 11) is 0. The van der Waals surface area contributed by atoms with Crippen LogP contribution in [0.25, 0.3) is 0 Å². The molecule has 1 heteroatoms. The molecule has 1 nitrogen and oxygen atoms in total. The molecule has 1 unspecified atom stereocenters. The van der Waals surface area contributed by atoms with E-state index in [9.17, 15) is 4.79 Å². The van der Waals surface area contributed by atoms with E-state index in [1.54, 1.807) is 0 Å². The molecule has 2 aliphatic carbocycles. The van der Waals surface area contributed by atoms with Crippen LogP contribution < -0.4 is 0 Å². The van der Waals surface area contributed by atoms with Gasteiger partial charge in [0.15, 0.2) is 5.78 Å². The number of ketones is 1. The zero-order chi connectivity index (χ0) is 16.6. The van der Waals surface area contributed by atoms with Crippen LogP contribution in [-0.4, -0.2) is 5.78 Å². The largest absolute Gasteiger partial charge is 0.294 e. The lowest BCUT2D eigenvalue weighted by Crippen LogP contribution is -2.03. The van der Waals surface area contributed by atoms with E-state index in [0.29, 0.717) is 18.1 Å². The molecule has 2 aromatic carbocycles. The third-order valence-corrected chi connectivity index (χ3v) is 5.23. The van der Waals surface area contributed by atoms with Crippen molar-refractivity contribution < 1.29 is 4.79 Å². The van der Waals surface area contributed by atoms with Crippen molar-refractivity contribution in [2.45, 2.75) is 63.7 Å². The van der Waals surface area contributed by atoms with E-state index in [-0.39, 0.29) is 0 Å². The van der Waals surface area contributed by atoms with Gasteiger partial charge in [0.2, 0.25) is 0 Å². The highest BCUT2D eigenvalue weighted by Gasteiger charge is 2.15. The molecule has 0 N–H and O–H groups in total. The van der Waals surface area contributed by atoms with Gasteiger partial charge in [0.1, 0.15) is 0 Å². The Morgan fingerprint density at radius 1 is 0.625 bits per heavy atom. The van der Waals surface area contributed by atoms with Gasteiger partial charge < -0.3 is 0 Å². The Labute approximate surface area is 146 Å². The molecule has 0 aliphatic heterocycles. The minimum atomic E-state index is 0.299. The van der Waals surface area contributed by atoms with E-state index in [4.69, 9.17) is 0 Å². The number of hydrogen-bond acceptors (Lipinski definition) is 1. The lowest BCUT2D eigenvalue weighted by Gasteiger charge is -2.18. The molecule has 0 aromatic heterocycles. The third kappa shape index (κ3) is 4.56.